The lowest BCUT2D eigenvalue weighted by molar-refractivity contribution is -0.131. The summed E-state index contributed by atoms with van der Waals surface area (Å²) in [4.78, 5) is 22.7. The molecule has 1 aliphatic rings. The zero-order valence-corrected chi connectivity index (χ0v) is 20.2. The van der Waals surface area contributed by atoms with Gasteiger partial charge in [-0.25, -0.2) is 13.4 Å². The number of halogens is 1. The Bertz CT molecular complexity index is 1190. The molecular formula is C21H22ClN3O3S3. The molecule has 0 unspecified atom stereocenters. The lowest BCUT2D eigenvalue weighted by atomic mass is 10.3. The van der Waals surface area contributed by atoms with Crippen LogP contribution in [-0.2, 0) is 14.6 Å². The Balaban J connectivity index is 1.33. The summed E-state index contributed by atoms with van der Waals surface area (Å²) in [5.41, 5.74) is 0.990. The SMILES string of the molecule is CSc1ccc2nc(N3CCN(C(=O)CCS(=O)(=O)c4ccc(Cl)cc4)CC3)sc2c1. The molecule has 0 atom stereocenters. The first kappa shape index (κ1) is 22.4. The molecule has 0 bridgehead atoms. The Morgan fingerprint density at radius 3 is 2.52 bits per heavy atom. The van der Waals surface area contributed by atoms with E-state index in [0.29, 0.717) is 31.2 Å². The number of amides is 1. The van der Waals surface area contributed by atoms with Crippen LogP contribution in [0.15, 0.2) is 52.3 Å². The van der Waals surface area contributed by atoms with Crippen molar-refractivity contribution in [3.8, 4) is 0 Å². The van der Waals surface area contributed by atoms with Gasteiger partial charge in [0, 0.05) is 42.5 Å². The molecule has 1 aliphatic heterocycles. The van der Waals surface area contributed by atoms with Crippen molar-refractivity contribution in [2.24, 2.45) is 0 Å². The van der Waals surface area contributed by atoms with Gasteiger partial charge in [-0.05, 0) is 48.7 Å². The fourth-order valence-corrected chi connectivity index (χ4v) is 6.37. The molecule has 0 aliphatic carbocycles. The largest absolute Gasteiger partial charge is 0.345 e. The fourth-order valence-electron chi connectivity index (χ4n) is 3.44. The zero-order valence-electron chi connectivity index (χ0n) is 17.0. The number of nitrogens with zero attached hydrogens (tertiary/aromatic N) is 3. The number of thioether (sulfide) groups is 1. The monoisotopic (exact) mass is 495 g/mol. The van der Waals surface area contributed by atoms with Crippen molar-refractivity contribution in [2.45, 2.75) is 16.2 Å². The Morgan fingerprint density at radius 2 is 1.84 bits per heavy atom. The van der Waals surface area contributed by atoms with Gasteiger partial charge in [-0.2, -0.15) is 0 Å². The van der Waals surface area contributed by atoms with E-state index in [4.69, 9.17) is 16.6 Å². The van der Waals surface area contributed by atoms with Crippen LogP contribution in [0.1, 0.15) is 6.42 Å². The average molecular weight is 496 g/mol. The van der Waals surface area contributed by atoms with Crippen molar-refractivity contribution in [3.05, 3.63) is 47.5 Å². The van der Waals surface area contributed by atoms with E-state index in [-0.39, 0.29) is 23.0 Å². The molecule has 4 rings (SSSR count). The third-order valence-corrected chi connectivity index (χ3v) is 9.03. The summed E-state index contributed by atoms with van der Waals surface area (Å²) in [6, 6.07) is 12.3. The number of rotatable bonds is 6. The molecule has 1 aromatic heterocycles. The summed E-state index contributed by atoms with van der Waals surface area (Å²) in [7, 11) is -3.51. The second-order valence-electron chi connectivity index (χ2n) is 7.22. The second kappa shape index (κ2) is 9.36. The van der Waals surface area contributed by atoms with Crippen molar-refractivity contribution in [3.63, 3.8) is 0 Å². The van der Waals surface area contributed by atoms with Crippen LogP contribution in [0, 0.1) is 0 Å². The van der Waals surface area contributed by atoms with Gasteiger partial charge in [0.05, 0.1) is 20.9 Å². The number of hydrogen-bond donors (Lipinski definition) is 0. The normalized spacial score (nSPS) is 14.9. The molecule has 164 valence electrons. The number of carbonyl (C=O) groups excluding carboxylic acids is 1. The van der Waals surface area contributed by atoms with Crippen LogP contribution in [0.2, 0.25) is 5.02 Å². The highest BCUT2D eigenvalue weighted by molar-refractivity contribution is 7.98. The number of fused-ring (bicyclic) bond motifs is 1. The lowest BCUT2D eigenvalue weighted by Gasteiger charge is -2.34. The number of benzene rings is 2. The van der Waals surface area contributed by atoms with Gasteiger partial charge in [-0.3, -0.25) is 4.79 Å². The predicted octanol–water partition coefficient (Wildman–Crippen LogP) is 4.18. The number of carbonyl (C=O) groups is 1. The molecule has 6 nitrogen and oxygen atoms in total. The minimum absolute atomic E-state index is 0.0242. The molecular weight excluding hydrogens is 474 g/mol. The number of piperazine rings is 1. The Morgan fingerprint density at radius 1 is 1.13 bits per heavy atom. The third-order valence-electron chi connectivity index (χ3n) is 5.24. The summed E-state index contributed by atoms with van der Waals surface area (Å²) >= 11 is 9.19. The molecule has 0 saturated carbocycles. The smallest absolute Gasteiger partial charge is 0.223 e. The summed E-state index contributed by atoms with van der Waals surface area (Å²) in [5, 5.41) is 1.44. The maximum Gasteiger partial charge on any atom is 0.223 e. The maximum atomic E-state index is 12.6. The number of anilines is 1. The van der Waals surface area contributed by atoms with Gasteiger partial charge in [-0.15, -0.1) is 11.8 Å². The highest BCUT2D eigenvalue weighted by Gasteiger charge is 2.25. The average Bonchev–Trinajstić information content (AvgIpc) is 3.21. The summed E-state index contributed by atoms with van der Waals surface area (Å²) in [6.45, 7) is 2.49. The Labute approximate surface area is 195 Å². The molecule has 1 saturated heterocycles. The molecule has 31 heavy (non-hydrogen) atoms. The van der Waals surface area contributed by atoms with E-state index in [9.17, 15) is 13.2 Å². The lowest BCUT2D eigenvalue weighted by Crippen LogP contribution is -2.49. The third kappa shape index (κ3) is 5.16. The van der Waals surface area contributed by atoms with Gasteiger partial charge >= 0.3 is 0 Å². The van der Waals surface area contributed by atoms with E-state index in [0.717, 1.165) is 15.3 Å². The van der Waals surface area contributed by atoms with Crippen molar-refractivity contribution in [2.75, 3.05) is 43.1 Å². The van der Waals surface area contributed by atoms with Crippen LogP contribution in [0.5, 0.6) is 0 Å². The number of thiazole rings is 1. The first-order valence-corrected chi connectivity index (χ1v) is 13.9. The van der Waals surface area contributed by atoms with E-state index in [1.54, 1.807) is 40.1 Å². The molecule has 3 aromatic rings. The van der Waals surface area contributed by atoms with E-state index in [1.165, 1.54) is 17.0 Å². The summed E-state index contributed by atoms with van der Waals surface area (Å²) in [6.07, 6.45) is 2.03. The van der Waals surface area contributed by atoms with Gasteiger partial charge in [0.15, 0.2) is 15.0 Å². The molecule has 10 heteroatoms. The standard InChI is InChI=1S/C21H22ClN3O3S3/c1-29-16-4-7-18-19(14-16)30-21(23-18)25-11-9-24(10-12-25)20(26)8-13-31(27,28)17-5-2-15(22)3-6-17/h2-7,14H,8-13H2,1H3. The van der Waals surface area contributed by atoms with Crippen LogP contribution in [-0.4, -0.2) is 62.4 Å². The van der Waals surface area contributed by atoms with Crippen LogP contribution in [0.3, 0.4) is 0 Å². The number of hydrogen-bond acceptors (Lipinski definition) is 7. The fraction of sp³-hybridized carbons (Fsp3) is 0.333. The second-order valence-corrected chi connectivity index (χ2v) is 11.7. The quantitative estimate of drug-likeness (QED) is 0.478. The first-order chi connectivity index (χ1) is 14.9. The molecule has 0 spiro atoms. The molecule has 0 N–H and O–H groups in total. The van der Waals surface area contributed by atoms with Gasteiger partial charge in [0.2, 0.25) is 5.91 Å². The molecule has 2 aromatic carbocycles. The Kier molecular flexibility index (Phi) is 6.76. The minimum atomic E-state index is -3.51. The van der Waals surface area contributed by atoms with Gasteiger partial charge in [-0.1, -0.05) is 22.9 Å². The number of aromatic nitrogens is 1. The molecule has 1 fully saturated rings. The summed E-state index contributed by atoms with van der Waals surface area (Å²) in [5.74, 6) is -0.338. The highest BCUT2D eigenvalue weighted by Crippen LogP contribution is 2.32. The summed E-state index contributed by atoms with van der Waals surface area (Å²) < 4.78 is 26.1. The number of sulfone groups is 1. The van der Waals surface area contributed by atoms with E-state index >= 15 is 0 Å². The maximum absolute atomic E-state index is 12.6. The van der Waals surface area contributed by atoms with Crippen molar-refractivity contribution >= 4 is 65.8 Å². The van der Waals surface area contributed by atoms with Crippen LogP contribution in [0.25, 0.3) is 10.2 Å². The first-order valence-electron chi connectivity index (χ1n) is 9.81. The van der Waals surface area contributed by atoms with Gasteiger partial charge in [0.25, 0.3) is 0 Å². The van der Waals surface area contributed by atoms with Crippen molar-refractivity contribution in [1.29, 1.82) is 0 Å². The predicted molar refractivity (Wildman–Crippen MR) is 128 cm³/mol. The molecule has 1 amide bonds. The van der Waals surface area contributed by atoms with Crippen molar-refractivity contribution < 1.29 is 13.2 Å². The van der Waals surface area contributed by atoms with E-state index < -0.39 is 9.84 Å². The van der Waals surface area contributed by atoms with Crippen LogP contribution < -0.4 is 4.90 Å². The van der Waals surface area contributed by atoms with E-state index in [2.05, 4.69) is 23.3 Å². The van der Waals surface area contributed by atoms with Gasteiger partial charge in [0.1, 0.15) is 0 Å². The van der Waals surface area contributed by atoms with Crippen LogP contribution >= 0.6 is 34.7 Å². The Hall–Kier alpha value is -1.81. The van der Waals surface area contributed by atoms with Gasteiger partial charge < -0.3 is 9.80 Å². The van der Waals surface area contributed by atoms with Crippen LogP contribution in [0.4, 0.5) is 5.13 Å². The van der Waals surface area contributed by atoms with E-state index in [1.807, 2.05) is 6.07 Å². The van der Waals surface area contributed by atoms with Crippen molar-refractivity contribution in [1.82, 2.24) is 9.88 Å². The highest BCUT2D eigenvalue weighted by atomic mass is 35.5. The molecule has 2 heterocycles. The topological polar surface area (TPSA) is 70.6 Å². The zero-order chi connectivity index (χ0) is 22.0. The molecule has 0 radical (unpaired) electrons. The minimum Gasteiger partial charge on any atom is -0.345 e.